The molecule has 0 bridgehead atoms. The quantitative estimate of drug-likeness (QED) is 0.786. The molecule has 3 aromatic rings. The monoisotopic (exact) mass is 295 g/mol. The molecule has 2 N–H and O–H groups in total. The number of imidazole rings is 1. The van der Waals surface area contributed by atoms with E-state index in [1.54, 1.807) is 0 Å². The molecule has 0 saturated heterocycles. The van der Waals surface area contributed by atoms with E-state index >= 15 is 0 Å². The van der Waals surface area contributed by atoms with Gasteiger partial charge in [-0.2, -0.15) is 0 Å². The molecule has 1 heterocycles. The second kappa shape index (κ2) is 6.20. The van der Waals surface area contributed by atoms with Crippen LogP contribution >= 0.6 is 0 Å². The molecule has 114 valence electrons. The van der Waals surface area contributed by atoms with E-state index in [2.05, 4.69) is 47.7 Å². The molecule has 2 aromatic carbocycles. The molecule has 0 fully saturated rings. The maximum Gasteiger partial charge on any atom is 0.148 e. The number of nitrogens with zero attached hydrogens (tertiary/aromatic N) is 2. The number of fused-ring (bicyclic) bond motifs is 1. The molecule has 4 heteroatoms. The summed E-state index contributed by atoms with van der Waals surface area (Å²) in [6.07, 6.45) is 0. The van der Waals surface area contributed by atoms with Crippen LogP contribution in [0.5, 0.6) is 5.75 Å². The van der Waals surface area contributed by atoms with Gasteiger partial charge in [0.05, 0.1) is 11.0 Å². The summed E-state index contributed by atoms with van der Waals surface area (Å²) in [5.41, 5.74) is 10.1. The molecule has 0 unspecified atom stereocenters. The summed E-state index contributed by atoms with van der Waals surface area (Å²) in [6.45, 7) is 5.88. The van der Waals surface area contributed by atoms with Crippen molar-refractivity contribution < 1.29 is 4.74 Å². The van der Waals surface area contributed by atoms with Gasteiger partial charge in [0.2, 0.25) is 0 Å². The third kappa shape index (κ3) is 2.83. The van der Waals surface area contributed by atoms with Gasteiger partial charge in [-0.3, -0.25) is 0 Å². The average molecular weight is 295 g/mol. The number of aryl methyl sites for hydroxylation is 2. The third-order valence-electron chi connectivity index (χ3n) is 3.79. The molecule has 0 saturated carbocycles. The lowest BCUT2D eigenvalue weighted by Crippen LogP contribution is -2.14. The van der Waals surface area contributed by atoms with Crippen LogP contribution in [0.4, 0.5) is 0 Å². The van der Waals surface area contributed by atoms with Crippen molar-refractivity contribution in [1.82, 2.24) is 9.55 Å². The number of benzene rings is 2. The highest BCUT2D eigenvalue weighted by Crippen LogP contribution is 2.22. The van der Waals surface area contributed by atoms with Gasteiger partial charge in [-0.1, -0.05) is 24.3 Å². The summed E-state index contributed by atoms with van der Waals surface area (Å²) in [5.74, 6) is 1.82. The van der Waals surface area contributed by atoms with Crippen LogP contribution in [-0.4, -0.2) is 16.1 Å². The first-order chi connectivity index (χ1) is 10.7. The number of hydrogen-bond donors (Lipinski definition) is 1. The van der Waals surface area contributed by atoms with E-state index < -0.39 is 0 Å². The van der Waals surface area contributed by atoms with Crippen molar-refractivity contribution in [2.45, 2.75) is 27.0 Å². The standard InChI is InChI=1S/C18H21N3O/c1-13-7-8-14(2)17(11-13)22-12-18-20-15-5-3-4-6-16(15)21(18)10-9-19/h3-8,11H,9-10,12,19H2,1-2H3. The number of nitrogens with two attached hydrogens (primary N) is 1. The Morgan fingerprint density at radius 2 is 1.95 bits per heavy atom. The molecule has 0 aliphatic carbocycles. The normalized spacial score (nSPS) is 11.0. The van der Waals surface area contributed by atoms with Crippen LogP contribution in [0.15, 0.2) is 42.5 Å². The largest absolute Gasteiger partial charge is 0.485 e. The topological polar surface area (TPSA) is 53.1 Å². The van der Waals surface area contributed by atoms with E-state index in [0.717, 1.165) is 34.7 Å². The highest BCUT2D eigenvalue weighted by molar-refractivity contribution is 5.75. The fourth-order valence-corrected chi connectivity index (χ4v) is 2.62. The molecule has 0 atom stereocenters. The van der Waals surface area contributed by atoms with E-state index in [1.165, 1.54) is 5.56 Å². The molecule has 0 spiro atoms. The summed E-state index contributed by atoms with van der Waals surface area (Å²) in [6, 6.07) is 14.3. The van der Waals surface area contributed by atoms with Crippen molar-refractivity contribution in [3.05, 3.63) is 59.4 Å². The Hall–Kier alpha value is -2.33. The maximum absolute atomic E-state index is 6.00. The zero-order chi connectivity index (χ0) is 15.5. The maximum atomic E-state index is 6.00. The summed E-state index contributed by atoms with van der Waals surface area (Å²) in [5, 5.41) is 0. The smallest absolute Gasteiger partial charge is 0.148 e. The van der Waals surface area contributed by atoms with Gasteiger partial charge in [0, 0.05) is 13.1 Å². The summed E-state index contributed by atoms with van der Waals surface area (Å²) in [7, 11) is 0. The summed E-state index contributed by atoms with van der Waals surface area (Å²) < 4.78 is 8.14. The van der Waals surface area contributed by atoms with Gasteiger partial charge in [-0.25, -0.2) is 4.98 Å². The zero-order valence-electron chi connectivity index (χ0n) is 13.0. The second-order valence-electron chi connectivity index (χ2n) is 5.51. The van der Waals surface area contributed by atoms with Crippen molar-refractivity contribution in [1.29, 1.82) is 0 Å². The number of hydrogen-bond acceptors (Lipinski definition) is 3. The van der Waals surface area contributed by atoms with Crippen molar-refractivity contribution in [3.63, 3.8) is 0 Å². The highest BCUT2D eigenvalue weighted by atomic mass is 16.5. The third-order valence-corrected chi connectivity index (χ3v) is 3.79. The predicted molar refractivity (Wildman–Crippen MR) is 89.0 cm³/mol. The minimum atomic E-state index is 0.443. The molecule has 0 aliphatic rings. The van der Waals surface area contributed by atoms with Gasteiger partial charge in [0.25, 0.3) is 0 Å². The molecular formula is C18H21N3O. The molecule has 22 heavy (non-hydrogen) atoms. The Labute approximate surface area is 130 Å². The van der Waals surface area contributed by atoms with Gasteiger partial charge in [-0.05, 0) is 43.2 Å². The van der Waals surface area contributed by atoms with Gasteiger partial charge >= 0.3 is 0 Å². The first kappa shape index (κ1) is 14.6. The minimum absolute atomic E-state index is 0.443. The Morgan fingerprint density at radius 3 is 2.77 bits per heavy atom. The molecule has 3 rings (SSSR count). The van der Waals surface area contributed by atoms with Gasteiger partial charge in [0.15, 0.2) is 0 Å². The van der Waals surface area contributed by atoms with Crippen LogP contribution < -0.4 is 10.5 Å². The Kier molecular flexibility index (Phi) is 4.11. The fourth-order valence-electron chi connectivity index (χ4n) is 2.62. The number of aromatic nitrogens is 2. The van der Waals surface area contributed by atoms with Crippen molar-refractivity contribution >= 4 is 11.0 Å². The summed E-state index contributed by atoms with van der Waals surface area (Å²) in [4.78, 5) is 4.68. The van der Waals surface area contributed by atoms with Gasteiger partial charge in [-0.15, -0.1) is 0 Å². The van der Waals surface area contributed by atoms with Crippen LogP contribution in [0.3, 0.4) is 0 Å². The van der Waals surface area contributed by atoms with E-state index in [-0.39, 0.29) is 0 Å². The lowest BCUT2D eigenvalue weighted by atomic mass is 10.1. The van der Waals surface area contributed by atoms with Crippen LogP contribution in [-0.2, 0) is 13.2 Å². The molecule has 0 amide bonds. The molecule has 0 aliphatic heterocycles. The fraction of sp³-hybridized carbons (Fsp3) is 0.278. The minimum Gasteiger partial charge on any atom is -0.485 e. The number of para-hydroxylation sites is 2. The van der Waals surface area contributed by atoms with Crippen LogP contribution in [0.1, 0.15) is 17.0 Å². The Bertz CT molecular complexity index is 792. The summed E-state index contributed by atoms with van der Waals surface area (Å²) >= 11 is 0. The number of rotatable bonds is 5. The first-order valence-corrected chi connectivity index (χ1v) is 7.53. The number of ether oxygens (including phenoxy) is 1. The average Bonchev–Trinajstić information content (AvgIpc) is 2.87. The predicted octanol–water partition coefficient (Wildman–Crippen LogP) is 3.19. The van der Waals surface area contributed by atoms with Gasteiger partial charge in [0.1, 0.15) is 18.2 Å². The highest BCUT2D eigenvalue weighted by Gasteiger charge is 2.11. The van der Waals surface area contributed by atoms with E-state index in [9.17, 15) is 0 Å². The van der Waals surface area contributed by atoms with Crippen molar-refractivity contribution in [2.75, 3.05) is 6.54 Å². The molecule has 0 radical (unpaired) electrons. The second-order valence-corrected chi connectivity index (χ2v) is 5.51. The zero-order valence-corrected chi connectivity index (χ0v) is 13.0. The lowest BCUT2D eigenvalue weighted by molar-refractivity contribution is 0.288. The van der Waals surface area contributed by atoms with Gasteiger partial charge < -0.3 is 15.0 Å². The van der Waals surface area contributed by atoms with E-state index in [0.29, 0.717) is 13.2 Å². The van der Waals surface area contributed by atoms with Crippen LogP contribution in [0.25, 0.3) is 11.0 Å². The molecule has 1 aromatic heterocycles. The Morgan fingerprint density at radius 1 is 1.14 bits per heavy atom. The van der Waals surface area contributed by atoms with E-state index in [4.69, 9.17) is 10.5 Å². The van der Waals surface area contributed by atoms with Crippen LogP contribution in [0.2, 0.25) is 0 Å². The first-order valence-electron chi connectivity index (χ1n) is 7.53. The SMILES string of the molecule is Cc1ccc(C)c(OCc2nc3ccccc3n2CCN)c1. The lowest BCUT2D eigenvalue weighted by Gasteiger charge is -2.11. The Balaban J connectivity index is 1.90. The molecular weight excluding hydrogens is 274 g/mol. The molecule has 4 nitrogen and oxygen atoms in total. The van der Waals surface area contributed by atoms with Crippen molar-refractivity contribution in [3.8, 4) is 5.75 Å². The van der Waals surface area contributed by atoms with Crippen molar-refractivity contribution in [2.24, 2.45) is 5.73 Å². The van der Waals surface area contributed by atoms with Crippen LogP contribution in [0, 0.1) is 13.8 Å². The van der Waals surface area contributed by atoms with E-state index in [1.807, 2.05) is 18.2 Å².